The fourth-order valence-electron chi connectivity index (χ4n) is 3.60. The maximum absolute atomic E-state index is 6.21. The lowest BCUT2D eigenvalue weighted by Crippen LogP contribution is -2.52. The number of likely N-dealkylation sites (tertiary alicyclic amines) is 1. The molecule has 2 heteroatoms. The summed E-state index contributed by atoms with van der Waals surface area (Å²) in [6.45, 7) is 14.4. The van der Waals surface area contributed by atoms with Gasteiger partial charge in [0.2, 0.25) is 0 Å². The fraction of sp³-hybridized carbons (Fsp3) is 0.667. The van der Waals surface area contributed by atoms with E-state index in [1.54, 1.807) is 0 Å². The van der Waals surface area contributed by atoms with Gasteiger partial charge in [-0.3, -0.25) is 4.90 Å². The highest BCUT2D eigenvalue weighted by molar-refractivity contribution is 5.37. The molecule has 1 fully saturated rings. The highest BCUT2D eigenvalue weighted by atomic mass is 15.2. The predicted octanol–water partition coefficient (Wildman–Crippen LogP) is 3.39. The van der Waals surface area contributed by atoms with Crippen molar-refractivity contribution in [1.82, 2.24) is 4.90 Å². The van der Waals surface area contributed by atoms with Crippen molar-refractivity contribution in [3.05, 3.63) is 34.9 Å². The average molecular weight is 274 g/mol. The van der Waals surface area contributed by atoms with Crippen LogP contribution in [0.15, 0.2) is 18.2 Å². The van der Waals surface area contributed by atoms with Crippen molar-refractivity contribution in [3.8, 4) is 0 Å². The zero-order chi connectivity index (χ0) is 15.0. The normalized spacial score (nSPS) is 20.1. The van der Waals surface area contributed by atoms with Crippen LogP contribution in [0.3, 0.4) is 0 Å². The molecule has 0 bridgehead atoms. The fourth-order valence-corrected chi connectivity index (χ4v) is 3.60. The SMILES string of the molecule is Cc1ccc(C2(CN)CCN(C(C)(C)C)CC2)c(C)c1. The first-order valence-corrected chi connectivity index (χ1v) is 7.81. The summed E-state index contributed by atoms with van der Waals surface area (Å²) in [6.07, 6.45) is 2.34. The van der Waals surface area contributed by atoms with Crippen LogP contribution >= 0.6 is 0 Å². The molecule has 1 heterocycles. The molecule has 20 heavy (non-hydrogen) atoms. The Morgan fingerprint density at radius 1 is 1.15 bits per heavy atom. The Balaban J connectivity index is 2.25. The molecule has 0 unspecified atom stereocenters. The molecule has 0 saturated carbocycles. The van der Waals surface area contributed by atoms with Gasteiger partial charge in [0, 0.05) is 17.5 Å². The molecule has 0 aliphatic carbocycles. The minimum Gasteiger partial charge on any atom is -0.330 e. The number of piperidine rings is 1. The van der Waals surface area contributed by atoms with Gasteiger partial charge in [0.1, 0.15) is 0 Å². The van der Waals surface area contributed by atoms with E-state index < -0.39 is 0 Å². The summed E-state index contributed by atoms with van der Waals surface area (Å²) >= 11 is 0. The summed E-state index contributed by atoms with van der Waals surface area (Å²) in [4.78, 5) is 2.59. The van der Waals surface area contributed by atoms with Crippen LogP contribution < -0.4 is 5.73 Å². The van der Waals surface area contributed by atoms with E-state index in [0.717, 1.165) is 19.6 Å². The lowest BCUT2D eigenvalue weighted by atomic mass is 9.70. The zero-order valence-corrected chi connectivity index (χ0v) is 13.8. The molecule has 1 aromatic carbocycles. The lowest BCUT2D eigenvalue weighted by Gasteiger charge is -2.47. The summed E-state index contributed by atoms with van der Waals surface area (Å²) in [5.41, 5.74) is 10.9. The Labute approximate surface area is 124 Å². The van der Waals surface area contributed by atoms with Gasteiger partial charge in [-0.2, -0.15) is 0 Å². The topological polar surface area (TPSA) is 29.3 Å². The molecule has 2 N–H and O–H groups in total. The van der Waals surface area contributed by atoms with Crippen molar-refractivity contribution in [3.63, 3.8) is 0 Å². The third-order valence-corrected chi connectivity index (χ3v) is 5.01. The van der Waals surface area contributed by atoms with Crippen molar-refractivity contribution in [2.24, 2.45) is 5.73 Å². The minimum absolute atomic E-state index is 0.180. The number of rotatable bonds is 2. The summed E-state index contributed by atoms with van der Waals surface area (Å²) < 4.78 is 0. The number of hydrogen-bond acceptors (Lipinski definition) is 2. The van der Waals surface area contributed by atoms with Gasteiger partial charge in [0.05, 0.1) is 0 Å². The van der Waals surface area contributed by atoms with E-state index in [1.165, 1.54) is 29.5 Å². The molecule has 1 saturated heterocycles. The minimum atomic E-state index is 0.180. The first-order chi connectivity index (χ1) is 9.28. The second-order valence-corrected chi connectivity index (χ2v) is 7.46. The third kappa shape index (κ3) is 2.91. The van der Waals surface area contributed by atoms with Crippen LogP contribution in [0, 0.1) is 13.8 Å². The summed E-state index contributed by atoms with van der Waals surface area (Å²) in [6, 6.07) is 6.84. The van der Waals surface area contributed by atoms with Crippen LogP contribution in [0.2, 0.25) is 0 Å². The Morgan fingerprint density at radius 2 is 1.75 bits per heavy atom. The maximum atomic E-state index is 6.21. The van der Waals surface area contributed by atoms with E-state index in [2.05, 4.69) is 57.7 Å². The van der Waals surface area contributed by atoms with E-state index >= 15 is 0 Å². The van der Waals surface area contributed by atoms with Crippen LogP contribution in [-0.2, 0) is 5.41 Å². The van der Waals surface area contributed by atoms with Crippen molar-refractivity contribution >= 4 is 0 Å². The number of benzene rings is 1. The molecular formula is C18H30N2. The maximum Gasteiger partial charge on any atom is 0.0125 e. The second kappa shape index (κ2) is 5.50. The van der Waals surface area contributed by atoms with E-state index in [0.29, 0.717) is 0 Å². The molecule has 1 aromatic rings. The monoisotopic (exact) mass is 274 g/mol. The van der Waals surface area contributed by atoms with Gasteiger partial charge in [0.15, 0.2) is 0 Å². The van der Waals surface area contributed by atoms with Crippen LogP contribution in [0.5, 0.6) is 0 Å². The smallest absolute Gasteiger partial charge is 0.0125 e. The van der Waals surface area contributed by atoms with E-state index in [-0.39, 0.29) is 11.0 Å². The van der Waals surface area contributed by atoms with E-state index in [4.69, 9.17) is 5.73 Å². The first kappa shape index (κ1) is 15.5. The molecule has 0 amide bonds. The van der Waals surface area contributed by atoms with Crippen molar-refractivity contribution in [2.75, 3.05) is 19.6 Å². The Kier molecular flexibility index (Phi) is 4.27. The number of hydrogen-bond donors (Lipinski definition) is 1. The largest absolute Gasteiger partial charge is 0.330 e. The standard InChI is InChI=1S/C18H30N2/c1-14-6-7-16(15(2)12-14)18(13-19)8-10-20(11-9-18)17(3,4)5/h6-7,12H,8-11,13,19H2,1-5H3. The van der Waals surface area contributed by atoms with Gasteiger partial charge in [-0.1, -0.05) is 23.8 Å². The molecule has 1 aliphatic heterocycles. The molecule has 1 aliphatic rings. The highest BCUT2D eigenvalue weighted by Crippen LogP contribution is 2.38. The molecule has 0 aromatic heterocycles. The van der Waals surface area contributed by atoms with Gasteiger partial charge in [-0.05, 0) is 71.7 Å². The molecule has 0 radical (unpaired) electrons. The van der Waals surface area contributed by atoms with Gasteiger partial charge in [-0.15, -0.1) is 0 Å². The van der Waals surface area contributed by atoms with Crippen molar-refractivity contribution < 1.29 is 0 Å². The molecule has 2 nitrogen and oxygen atoms in total. The average Bonchev–Trinajstić information content (AvgIpc) is 2.37. The van der Waals surface area contributed by atoms with Crippen molar-refractivity contribution in [1.29, 1.82) is 0 Å². The molecule has 112 valence electrons. The van der Waals surface area contributed by atoms with Gasteiger partial charge >= 0.3 is 0 Å². The Bertz CT molecular complexity index is 463. The predicted molar refractivity (Wildman–Crippen MR) is 87.2 cm³/mol. The molecule has 0 spiro atoms. The summed E-state index contributed by atoms with van der Waals surface area (Å²) in [5, 5.41) is 0. The first-order valence-electron chi connectivity index (χ1n) is 7.81. The number of nitrogens with two attached hydrogens (primary N) is 1. The summed E-state index contributed by atoms with van der Waals surface area (Å²) in [7, 11) is 0. The van der Waals surface area contributed by atoms with E-state index in [1.807, 2.05) is 0 Å². The Morgan fingerprint density at radius 3 is 2.20 bits per heavy atom. The molecule has 0 atom stereocenters. The summed E-state index contributed by atoms with van der Waals surface area (Å²) in [5.74, 6) is 0. The van der Waals surface area contributed by atoms with Gasteiger partial charge < -0.3 is 5.73 Å². The van der Waals surface area contributed by atoms with Crippen LogP contribution in [0.25, 0.3) is 0 Å². The number of nitrogens with zero attached hydrogens (tertiary/aromatic N) is 1. The Hall–Kier alpha value is -0.860. The van der Waals surface area contributed by atoms with Crippen LogP contribution in [-0.4, -0.2) is 30.1 Å². The molecule has 2 rings (SSSR count). The quantitative estimate of drug-likeness (QED) is 0.895. The second-order valence-electron chi connectivity index (χ2n) is 7.46. The van der Waals surface area contributed by atoms with Crippen LogP contribution in [0.4, 0.5) is 0 Å². The van der Waals surface area contributed by atoms with Gasteiger partial charge in [-0.25, -0.2) is 0 Å². The highest BCUT2D eigenvalue weighted by Gasteiger charge is 2.38. The zero-order valence-electron chi connectivity index (χ0n) is 13.8. The van der Waals surface area contributed by atoms with Crippen LogP contribution in [0.1, 0.15) is 50.3 Å². The number of aryl methyl sites for hydroxylation is 2. The third-order valence-electron chi connectivity index (χ3n) is 5.01. The van der Waals surface area contributed by atoms with Gasteiger partial charge in [0.25, 0.3) is 0 Å². The van der Waals surface area contributed by atoms with Crippen molar-refractivity contribution in [2.45, 2.75) is 58.4 Å². The van der Waals surface area contributed by atoms with E-state index in [9.17, 15) is 0 Å². The lowest BCUT2D eigenvalue weighted by molar-refractivity contribution is 0.0762. The molecular weight excluding hydrogens is 244 g/mol.